The van der Waals surface area contributed by atoms with Crippen LogP contribution in [0.25, 0.3) is 0 Å². The van der Waals surface area contributed by atoms with Gasteiger partial charge in [0.15, 0.2) is 11.6 Å². The molecule has 10 nitrogen and oxygen atoms in total. The number of rotatable bonds is 4. The minimum absolute atomic E-state index is 0.0231. The van der Waals surface area contributed by atoms with Crippen LogP contribution in [0.15, 0.2) is 9.98 Å². The second-order valence-electron chi connectivity index (χ2n) is 6.76. The number of carbonyl (C=O) groups excluding carboxylic acids is 4. The van der Waals surface area contributed by atoms with Gasteiger partial charge in [0.2, 0.25) is 0 Å². The second-order valence-corrected chi connectivity index (χ2v) is 6.76. The summed E-state index contributed by atoms with van der Waals surface area (Å²) in [7, 11) is 0. The van der Waals surface area contributed by atoms with E-state index in [4.69, 9.17) is 0 Å². The Morgan fingerprint density at radius 1 is 1.08 bits per heavy atom. The molecule has 0 aromatic heterocycles. The summed E-state index contributed by atoms with van der Waals surface area (Å²) in [5, 5.41) is 19.0. The van der Waals surface area contributed by atoms with Crippen LogP contribution in [0.1, 0.15) is 34.1 Å². The normalized spacial score (nSPS) is 29.9. The predicted octanol–water partition coefficient (Wildman–Crippen LogP) is 0.102. The number of nitrogens with zero attached hydrogens (tertiary/aromatic N) is 4. The molecule has 10 heteroatoms. The van der Waals surface area contributed by atoms with Crippen molar-refractivity contribution in [3.05, 3.63) is 0 Å². The molecule has 2 aliphatic heterocycles. The Morgan fingerprint density at radius 3 is 2.12 bits per heavy atom. The number of carbonyl (C=O) groups is 4. The van der Waals surface area contributed by atoms with Gasteiger partial charge >= 0.3 is 0 Å². The van der Waals surface area contributed by atoms with Crippen LogP contribution in [0, 0.1) is 17.8 Å². The lowest BCUT2D eigenvalue weighted by Gasteiger charge is -2.31. The highest BCUT2D eigenvalue weighted by molar-refractivity contribution is 6.09. The molecule has 3 unspecified atom stereocenters. The van der Waals surface area contributed by atoms with Crippen LogP contribution in [0.3, 0.4) is 0 Å². The minimum atomic E-state index is -1.60. The molecular weight excluding hydrogens is 332 g/mol. The molecule has 136 valence electrons. The molecule has 3 atom stereocenters. The fourth-order valence-electron chi connectivity index (χ4n) is 3.25. The van der Waals surface area contributed by atoms with Crippen LogP contribution < -0.4 is 0 Å². The zero-order valence-corrected chi connectivity index (χ0v) is 14.3. The van der Waals surface area contributed by atoms with Gasteiger partial charge in [0.1, 0.15) is 0 Å². The molecule has 0 spiro atoms. The van der Waals surface area contributed by atoms with E-state index in [1.165, 1.54) is 0 Å². The van der Waals surface area contributed by atoms with Crippen LogP contribution in [0.2, 0.25) is 0 Å². The van der Waals surface area contributed by atoms with Crippen molar-refractivity contribution in [3.8, 4) is 0 Å². The molecule has 0 aromatic carbocycles. The number of aliphatic imine (C=N–C) groups is 2. The van der Waals surface area contributed by atoms with Crippen molar-refractivity contribution in [2.45, 2.75) is 45.7 Å². The van der Waals surface area contributed by atoms with Gasteiger partial charge in [-0.15, -0.1) is 0 Å². The van der Waals surface area contributed by atoms with Gasteiger partial charge in [0, 0.05) is 0 Å². The number of hydrogen-bond acceptors (Lipinski definition) is 8. The lowest BCUT2D eigenvalue weighted by molar-refractivity contribution is -0.174. The smallest absolute Gasteiger partial charge is 0.278 e. The Hall–Kier alpha value is -2.42. The molecule has 0 aliphatic carbocycles. The minimum Gasteiger partial charge on any atom is -0.278 e. The SMILES string of the molecule is CC(C)C1C(=O)N(O)C(=O)C1(N=C=NC1CC(=O)N(O)C1=O)C(C)C. The van der Waals surface area contributed by atoms with Crippen LogP contribution in [-0.2, 0) is 19.2 Å². The third-order valence-corrected chi connectivity index (χ3v) is 4.58. The van der Waals surface area contributed by atoms with Crippen molar-refractivity contribution < 1.29 is 29.6 Å². The molecule has 2 saturated heterocycles. The summed E-state index contributed by atoms with van der Waals surface area (Å²) in [5.41, 5.74) is -1.60. The quantitative estimate of drug-likeness (QED) is 0.418. The van der Waals surface area contributed by atoms with E-state index < -0.39 is 47.0 Å². The Labute approximate surface area is 143 Å². The van der Waals surface area contributed by atoms with E-state index in [9.17, 15) is 29.6 Å². The maximum absolute atomic E-state index is 12.5. The van der Waals surface area contributed by atoms with Crippen molar-refractivity contribution in [2.75, 3.05) is 0 Å². The van der Waals surface area contributed by atoms with Gasteiger partial charge in [-0.05, 0) is 11.8 Å². The number of hydroxylamine groups is 4. The van der Waals surface area contributed by atoms with Gasteiger partial charge in [-0.3, -0.25) is 29.6 Å². The molecule has 2 aliphatic rings. The number of imide groups is 2. The van der Waals surface area contributed by atoms with Crippen LogP contribution in [-0.4, -0.2) is 61.8 Å². The molecule has 4 amide bonds. The lowest BCUT2D eigenvalue weighted by Crippen LogP contribution is -2.47. The van der Waals surface area contributed by atoms with E-state index in [0.29, 0.717) is 0 Å². The van der Waals surface area contributed by atoms with Crippen molar-refractivity contribution in [3.63, 3.8) is 0 Å². The summed E-state index contributed by atoms with van der Waals surface area (Å²) < 4.78 is 0. The Morgan fingerprint density at radius 2 is 1.68 bits per heavy atom. The monoisotopic (exact) mass is 352 g/mol. The largest absolute Gasteiger partial charge is 0.283 e. The van der Waals surface area contributed by atoms with E-state index in [-0.39, 0.29) is 22.5 Å². The van der Waals surface area contributed by atoms with Gasteiger partial charge in [0.05, 0.1) is 18.3 Å². The predicted molar refractivity (Wildman–Crippen MR) is 81.4 cm³/mol. The molecule has 2 heterocycles. The Balaban J connectivity index is 2.45. The van der Waals surface area contributed by atoms with Crippen LogP contribution in [0.4, 0.5) is 0 Å². The number of hydrogen-bond donors (Lipinski definition) is 2. The van der Waals surface area contributed by atoms with Crippen molar-refractivity contribution in [1.82, 2.24) is 10.1 Å². The average Bonchev–Trinajstić information content (AvgIpc) is 2.89. The Kier molecular flexibility index (Phi) is 4.90. The summed E-state index contributed by atoms with van der Waals surface area (Å²) in [6, 6.07) is 1.07. The lowest BCUT2D eigenvalue weighted by atomic mass is 9.72. The molecule has 2 rings (SSSR count). The van der Waals surface area contributed by atoms with Crippen molar-refractivity contribution in [1.29, 1.82) is 0 Å². The van der Waals surface area contributed by atoms with Crippen molar-refractivity contribution in [2.24, 2.45) is 27.7 Å². The summed E-state index contributed by atoms with van der Waals surface area (Å²) in [4.78, 5) is 55.4. The fourth-order valence-corrected chi connectivity index (χ4v) is 3.25. The number of amides is 4. The summed E-state index contributed by atoms with van der Waals surface area (Å²) in [6.45, 7) is 6.79. The van der Waals surface area contributed by atoms with Gasteiger partial charge in [-0.2, -0.15) is 10.1 Å². The molecule has 25 heavy (non-hydrogen) atoms. The van der Waals surface area contributed by atoms with E-state index in [2.05, 4.69) is 16.0 Å². The summed E-state index contributed by atoms with van der Waals surface area (Å²) in [5.74, 6) is -5.03. The zero-order valence-electron chi connectivity index (χ0n) is 14.3. The molecule has 2 N–H and O–H groups in total. The Bertz CT molecular complexity index is 696. The van der Waals surface area contributed by atoms with E-state index in [1.54, 1.807) is 27.7 Å². The average molecular weight is 352 g/mol. The third-order valence-electron chi connectivity index (χ3n) is 4.58. The summed E-state index contributed by atoms with van der Waals surface area (Å²) in [6.07, 6.45) is -0.334. The standard InChI is InChI=1S/C15H20N4O6/c1-7(2)11-13(22)19(25)14(23)15(11,8(3)4)17-6-16-9-5-10(20)18(24)12(9)21/h7-9,11,24-25H,5H2,1-4H3. The molecule has 0 saturated carbocycles. The zero-order chi connectivity index (χ0) is 19.1. The van der Waals surface area contributed by atoms with Crippen LogP contribution in [0.5, 0.6) is 0 Å². The first-order valence-electron chi connectivity index (χ1n) is 7.85. The molecule has 0 radical (unpaired) electrons. The molecule has 0 bridgehead atoms. The fraction of sp³-hybridized carbons (Fsp3) is 0.667. The first-order chi connectivity index (χ1) is 11.6. The van der Waals surface area contributed by atoms with E-state index >= 15 is 0 Å². The van der Waals surface area contributed by atoms with E-state index in [1.807, 2.05) is 0 Å². The van der Waals surface area contributed by atoms with E-state index in [0.717, 1.165) is 0 Å². The van der Waals surface area contributed by atoms with Gasteiger partial charge < -0.3 is 0 Å². The second kappa shape index (κ2) is 6.47. The highest BCUT2D eigenvalue weighted by atomic mass is 16.5. The van der Waals surface area contributed by atoms with Gasteiger partial charge in [0.25, 0.3) is 23.6 Å². The first-order valence-corrected chi connectivity index (χ1v) is 7.85. The third kappa shape index (κ3) is 2.78. The van der Waals surface area contributed by atoms with Crippen LogP contribution >= 0.6 is 0 Å². The summed E-state index contributed by atoms with van der Waals surface area (Å²) >= 11 is 0. The van der Waals surface area contributed by atoms with Gasteiger partial charge in [-0.25, -0.2) is 9.98 Å². The maximum Gasteiger partial charge on any atom is 0.283 e. The molecule has 0 aromatic rings. The van der Waals surface area contributed by atoms with Crippen molar-refractivity contribution >= 4 is 29.6 Å². The molecular formula is C15H20N4O6. The highest BCUT2D eigenvalue weighted by Crippen LogP contribution is 2.42. The topological polar surface area (TPSA) is 140 Å². The first kappa shape index (κ1) is 18.9. The van der Waals surface area contributed by atoms with Gasteiger partial charge in [-0.1, -0.05) is 27.7 Å². The molecule has 2 fully saturated rings. The highest BCUT2D eigenvalue weighted by Gasteiger charge is 2.62. The maximum atomic E-state index is 12.5.